The molecule has 0 unspecified atom stereocenters. The van der Waals surface area contributed by atoms with Gasteiger partial charge in [-0.1, -0.05) is 12.2 Å². The molecule has 2 aromatic rings. The average Bonchev–Trinajstić information content (AvgIpc) is 3.20. The highest BCUT2D eigenvalue weighted by molar-refractivity contribution is 7.13. The SMILES string of the molecule is O=C(NCCc1csc(-c2cccnc2)n1)[C@H]1C=CCN1. The summed E-state index contributed by atoms with van der Waals surface area (Å²) in [4.78, 5) is 20.5. The van der Waals surface area contributed by atoms with Gasteiger partial charge in [-0.25, -0.2) is 4.98 Å². The van der Waals surface area contributed by atoms with Crippen molar-refractivity contribution in [3.63, 3.8) is 0 Å². The Morgan fingerprint density at radius 2 is 2.48 bits per heavy atom. The highest BCUT2D eigenvalue weighted by Crippen LogP contribution is 2.22. The predicted octanol–water partition coefficient (Wildman–Crippen LogP) is 1.39. The first-order valence-electron chi connectivity index (χ1n) is 6.85. The maximum absolute atomic E-state index is 11.8. The molecule has 6 heteroatoms. The van der Waals surface area contributed by atoms with E-state index in [2.05, 4.69) is 20.6 Å². The number of amides is 1. The number of carbonyl (C=O) groups is 1. The molecular formula is C15H16N4OS. The van der Waals surface area contributed by atoms with Gasteiger partial charge >= 0.3 is 0 Å². The largest absolute Gasteiger partial charge is 0.354 e. The van der Waals surface area contributed by atoms with E-state index < -0.39 is 0 Å². The third-order valence-electron chi connectivity index (χ3n) is 3.21. The van der Waals surface area contributed by atoms with Crippen molar-refractivity contribution in [1.82, 2.24) is 20.6 Å². The molecule has 1 amide bonds. The summed E-state index contributed by atoms with van der Waals surface area (Å²) in [6.07, 6.45) is 8.14. The molecule has 2 N–H and O–H groups in total. The summed E-state index contributed by atoms with van der Waals surface area (Å²) < 4.78 is 0. The molecule has 2 aromatic heterocycles. The minimum atomic E-state index is -0.189. The van der Waals surface area contributed by atoms with Crippen LogP contribution in [0.1, 0.15) is 5.69 Å². The van der Waals surface area contributed by atoms with Gasteiger partial charge in [0.2, 0.25) is 5.91 Å². The number of hydrogen-bond donors (Lipinski definition) is 2. The first-order chi connectivity index (χ1) is 10.3. The van der Waals surface area contributed by atoms with Crippen molar-refractivity contribution >= 4 is 17.2 Å². The highest BCUT2D eigenvalue weighted by Gasteiger charge is 2.16. The van der Waals surface area contributed by atoms with E-state index in [1.807, 2.05) is 35.9 Å². The quantitative estimate of drug-likeness (QED) is 0.819. The van der Waals surface area contributed by atoms with Gasteiger partial charge in [-0.05, 0) is 12.1 Å². The van der Waals surface area contributed by atoms with Crippen LogP contribution in [-0.2, 0) is 11.2 Å². The minimum Gasteiger partial charge on any atom is -0.354 e. The maximum Gasteiger partial charge on any atom is 0.241 e. The van der Waals surface area contributed by atoms with Crippen LogP contribution in [0, 0.1) is 0 Å². The molecule has 5 nitrogen and oxygen atoms in total. The van der Waals surface area contributed by atoms with Crippen molar-refractivity contribution in [3.8, 4) is 10.6 Å². The first kappa shape index (κ1) is 13.9. The number of carbonyl (C=O) groups excluding carboxylic acids is 1. The van der Waals surface area contributed by atoms with E-state index in [-0.39, 0.29) is 11.9 Å². The van der Waals surface area contributed by atoms with Crippen molar-refractivity contribution in [2.75, 3.05) is 13.1 Å². The van der Waals surface area contributed by atoms with Crippen LogP contribution >= 0.6 is 11.3 Å². The van der Waals surface area contributed by atoms with Crippen LogP contribution in [0.4, 0.5) is 0 Å². The molecule has 0 spiro atoms. The second-order valence-corrected chi connectivity index (χ2v) is 5.60. The normalized spacial score (nSPS) is 17.0. The fourth-order valence-electron chi connectivity index (χ4n) is 2.11. The van der Waals surface area contributed by atoms with Crippen LogP contribution in [-0.4, -0.2) is 35.0 Å². The Morgan fingerprint density at radius 1 is 1.52 bits per heavy atom. The lowest BCUT2D eigenvalue weighted by Gasteiger charge is -2.09. The van der Waals surface area contributed by atoms with E-state index in [1.54, 1.807) is 17.5 Å². The molecule has 1 aliphatic heterocycles. The van der Waals surface area contributed by atoms with Crippen LogP contribution in [0.5, 0.6) is 0 Å². The molecule has 3 rings (SSSR count). The molecule has 0 radical (unpaired) electrons. The lowest BCUT2D eigenvalue weighted by atomic mass is 10.2. The third kappa shape index (κ3) is 3.53. The number of rotatable bonds is 5. The number of hydrogen-bond acceptors (Lipinski definition) is 5. The van der Waals surface area contributed by atoms with Crippen molar-refractivity contribution in [1.29, 1.82) is 0 Å². The van der Waals surface area contributed by atoms with Crippen LogP contribution in [0.3, 0.4) is 0 Å². The molecule has 1 atom stereocenters. The van der Waals surface area contributed by atoms with E-state index in [1.165, 1.54) is 0 Å². The average molecular weight is 300 g/mol. The molecule has 0 aliphatic carbocycles. The molecule has 3 heterocycles. The molecule has 0 fully saturated rings. The van der Waals surface area contributed by atoms with Crippen LogP contribution in [0.2, 0.25) is 0 Å². The van der Waals surface area contributed by atoms with Crippen molar-refractivity contribution in [3.05, 3.63) is 47.8 Å². The maximum atomic E-state index is 11.8. The Labute approximate surface area is 127 Å². The van der Waals surface area contributed by atoms with Gasteiger partial charge in [-0.3, -0.25) is 15.1 Å². The zero-order valence-electron chi connectivity index (χ0n) is 11.5. The molecule has 0 aromatic carbocycles. The van der Waals surface area contributed by atoms with E-state index in [4.69, 9.17) is 0 Å². The highest BCUT2D eigenvalue weighted by atomic mass is 32.1. The van der Waals surface area contributed by atoms with Crippen molar-refractivity contribution in [2.24, 2.45) is 0 Å². The molecule has 21 heavy (non-hydrogen) atoms. The minimum absolute atomic E-state index is 0.0199. The summed E-state index contributed by atoms with van der Waals surface area (Å²) in [7, 11) is 0. The van der Waals surface area contributed by atoms with Gasteiger partial charge in [0, 0.05) is 42.8 Å². The lowest BCUT2D eigenvalue weighted by molar-refractivity contribution is -0.121. The number of thiazole rings is 1. The summed E-state index contributed by atoms with van der Waals surface area (Å²) in [6.45, 7) is 1.36. The molecule has 0 saturated carbocycles. The van der Waals surface area contributed by atoms with Gasteiger partial charge in [-0.2, -0.15) is 0 Å². The molecule has 0 saturated heterocycles. The fourth-order valence-corrected chi connectivity index (χ4v) is 2.96. The zero-order chi connectivity index (χ0) is 14.5. The summed E-state index contributed by atoms with van der Waals surface area (Å²) >= 11 is 1.60. The van der Waals surface area contributed by atoms with Crippen molar-refractivity contribution < 1.29 is 4.79 Å². The van der Waals surface area contributed by atoms with E-state index in [0.29, 0.717) is 6.54 Å². The van der Waals surface area contributed by atoms with Gasteiger partial charge in [0.15, 0.2) is 0 Å². The summed E-state index contributed by atoms with van der Waals surface area (Å²) in [6, 6.07) is 3.71. The Balaban J connectivity index is 1.51. The van der Waals surface area contributed by atoms with Gasteiger partial charge in [0.1, 0.15) is 11.0 Å². The molecule has 108 valence electrons. The first-order valence-corrected chi connectivity index (χ1v) is 7.73. The van der Waals surface area contributed by atoms with E-state index >= 15 is 0 Å². The molecular weight excluding hydrogens is 284 g/mol. The number of nitrogens with zero attached hydrogens (tertiary/aromatic N) is 2. The number of pyridine rings is 1. The van der Waals surface area contributed by atoms with Gasteiger partial charge < -0.3 is 5.32 Å². The van der Waals surface area contributed by atoms with Gasteiger partial charge in [-0.15, -0.1) is 11.3 Å². The standard InChI is InChI=1S/C15H16N4OS/c20-14(13-4-2-7-17-13)18-8-5-12-10-21-15(19-12)11-3-1-6-16-9-11/h1-4,6,9-10,13,17H,5,7-8H2,(H,18,20)/t13-/m1/s1. The lowest BCUT2D eigenvalue weighted by Crippen LogP contribution is -2.41. The molecule has 1 aliphatic rings. The van der Waals surface area contributed by atoms with Crippen molar-refractivity contribution in [2.45, 2.75) is 12.5 Å². The van der Waals surface area contributed by atoms with E-state index in [9.17, 15) is 4.79 Å². The summed E-state index contributed by atoms with van der Waals surface area (Å²) in [5.41, 5.74) is 2.02. The van der Waals surface area contributed by atoms with Gasteiger partial charge in [0.25, 0.3) is 0 Å². The Hall–Kier alpha value is -2.05. The van der Waals surface area contributed by atoms with Crippen LogP contribution in [0.25, 0.3) is 10.6 Å². The smallest absolute Gasteiger partial charge is 0.241 e. The summed E-state index contributed by atoms with van der Waals surface area (Å²) in [5.74, 6) is 0.0199. The van der Waals surface area contributed by atoms with Crippen LogP contribution < -0.4 is 10.6 Å². The van der Waals surface area contributed by atoms with Crippen LogP contribution in [0.15, 0.2) is 42.1 Å². The molecule has 0 bridgehead atoms. The summed E-state index contributed by atoms with van der Waals surface area (Å²) in [5, 5.41) is 9.00. The Kier molecular flexibility index (Phi) is 4.37. The second-order valence-electron chi connectivity index (χ2n) is 4.74. The van der Waals surface area contributed by atoms with E-state index in [0.717, 1.165) is 29.2 Å². The zero-order valence-corrected chi connectivity index (χ0v) is 12.3. The number of nitrogens with one attached hydrogen (secondary N) is 2. The topological polar surface area (TPSA) is 66.9 Å². The number of aromatic nitrogens is 2. The van der Waals surface area contributed by atoms with Gasteiger partial charge in [0.05, 0.1) is 5.69 Å². The second kappa shape index (κ2) is 6.60. The Bertz CT molecular complexity index is 638. The fraction of sp³-hybridized carbons (Fsp3) is 0.267. The monoisotopic (exact) mass is 300 g/mol. The Morgan fingerprint density at radius 3 is 3.24 bits per heavy atom. The third-order valence-corrected chi connectivity index (χ3v) is 4.15. The predicted molar refractivity (Wildman–Crippen MR) is 83.0 cm³/mol.